The maximum atomic E-state index is 14.0. The van der Waals surface area contributed by atoms with Crippen LogP contribution in [0.25, 0.3) is 10.8 Å². The average molecular weight is 485 g/mol. The summed E-state index contributed by atoms with van der Waals surface area (Å²) in [6.45, 7) is 1.51. The largest absolute Gasteiger partial charge is 0.393 e. The lowest BCUT2D eigenvalue weighted by Crippen LogP contribution is -2.41. The average Bonchev–Trinajstić information content (AvgIpc) is 3.29. The molecule has 0 saturated carbocycles. The molecule has 0 bridgehead atoms. The van der Waals surface area contributed by atoms with E-state index in [1.807, 2.05) is 30.3 Å². The van der Waals surface area contributed by atoms with Crippen LogP contribution < -0.4 is 0 Å². The molecule has 35 heavy (non-hydrogen) atoms. The van der Waals surface area contributed by atoms with Gasteiger partial charge in [0.15, 0.2) is 0 Å². The van der Waals surface area contributed by atoms with E-state index in [2.05, 4.69) is 4.90 Å². The van der Waals surface area contributed by atoms with E-state index in [0.717, 1.165) is 29.2 Å². The van der Waals surface area contributed by atoms with Crippen LogP contribution in [0.15, 0.2) is 66.7 Å². The van der Waals surface area contributed by atoms with E-state index in [9.17, 15) is 22.4 Å². The van der Waals surface area contributed by atoms with Gasteiger partial charge in [0, 0.05) is 31.1 Å². The van der Waals surface area contributed by atoms with Crippen molar-refractivity contribution in [2.24, 2.45) is 11.8 Å². The molecule has 3 aromatic carbocycles. The van der Waals surface area contributed by atoms with E-state index < -0.39 is 18.0 Å². The SMILES string of the molecule is O=C(c1cccc2ccccc12)N1CC(CN2CCC(c3ccc(F)cc3)CC2)C(C(F)(F)F)C1. The van der Waals surface area contributed by atoms with Gasteiger partial charge in [0.25, 0.3) is 5.91 Å². The fourth-order valence-electron chi connectivity index (χ4n) is 5.69. The van der Waals surface area contributed by atoms with E-state index >= 15 is 0 Å². The molecule has 3 nitrogen and oxygen atoms in total. The molecule has 0 N–H and O–H groups in total. The lowest BCUT2D eigenvalue weighted by molar-refractivity contribution is -0.181. The summed E-state index contributed by atoms with van der Waals surface area (Å²) in [7, 11) is 0. The van der Waals surface area contributed by atoms with Crippen molar-refractivity contribution in [3.05, 3.63) is 83.7 Å². The van der Waals surface area contributed by atoms with E-state index in [1.165, 1.54) is 17.0 Å². The van der Waals surface area contributed by atoms with Crippen LogP contribution >= 0.6 is 0 Å². The van der Waals surface area contributed by atoms with Crippen molar-refractivity contribution < 1.29 is 22.4 Å². The number of hydrogen-bond acceptors (Lipinski definition) is 2. The lowest BCUT2D eigenvalue weighted by Gasteiger charge is -2.35. The Kier molecular flexibility index (Phi) is 6.53. The number of amides is 1. The van der Waals surface area contributed by atoms with Gasteiger partial charge < -0.3 is 9.80 Å². The molecule has 2 saturated heterocycles. The van der Waals surface area contributed by atoms with Gasteiger partial charge in [-0.1, -0.05) is 48.5 Å². The molecule has 0 aromatic heterocycles. The van der Waals surface area contributed by atoms with Crippen LogP contribution in [0.2, 0.25) is 0 Å². The Morgan fingerprint density at radius 3 is 2.29 bits per heavy atom. The number of rotatable bonds is 4. The lowest BCUT2D eigenvalue weighted by atomic mass is 9.88. The second-order valence-electron chi connectivity index (χ2n) is 9.77. The van der Waals surface area contributed by atoms with Gasteiger partial charge >= 0.3 is 6.18 Å². The number of hydrogen-bond donors (Lipinski definition) is 0. The smallest absolute Gasteiger partial charge is 0.338 e. The summed E-state index contributed by atoms with van der Waals surface area (Å²) in [6, 6.07) is 19.3. The topological polar surface area (TPSA) is 23.6 Å². The Morgan fingerprint density at radius 1 is 0.886 bits per heavy atom. The van der Waals surface area contributed by atoms with Crippen LogP contribution in [-0.4, -0.2) is 54.6 Å². The molecule has 3 aromatic rings. The minimum absolute atomic E-state index is 0.101. The molecule has 2 heterocycles. The second kappa shape index (κ2) is 9.61. The second-order valence-corrected chi connectivity index (χ2v) is 9.77. The minimum atomic E-state index is -4.36. The number of piperidine rings is 1. The maximum absolute atomic E-state index is 14.0. The summed E-state index contributed by atoms with van der Waals surface area (Å²) in [5, 5.41) is 1.65. The molecule has 184 valence electrons. The van der Waals surface area contributed by atoms with Crippen LogP contribution in [0.5, 0.6) is 0 Å². The first-order chi connectivity index (χ1) is 16.8. The van der Waals surface area contributed by atoms with Gasteiger partial charge in [-0.3, -0.25) is 4.79 Å². The summed E-state index contributed by atoms with van der Waals surface area (Å²) >= 11 is 0. The van der Waals surface area contributed by atoms with Gasteiger partial charge in [-0.15, -0.1) is 0 Å². The third-order valence-electron chi connectivity index (χ3n) is 7.59. The van der Waals surface area contributed by atoms with Crippen LogP contribution in [-0.2, 0) is 0 Å². The number of nitrogens with zero attached hydrogens (tertiary/aromatic N) is 2. The number of alkyl halides is 3. The molecule has 1 amide bonds. The molecule has 5 rings (SSSR count). The number of likely N-dealkylation sites (tertiary alicyclic amines) is 2. The van der Waals surface area contributed by atoms with Crippen molar-refractivity contribution in [2.45, 2.75) is 24.9 Å². The summed E-state index contributed by atoms with van der Waals surface area (Å²) in [5.74, 6) is -2.51. The standard InChI is InChI=1S/C28H28F4N2O/c29-23-10-8-19(9-11-23)20-12-14-33(15-13-20)16-22-17-34(18-26(22)28(30,31)32)27(35)25-7-3-5-21-4-1-2-6-24(21)25/h1-11,20,22,26H,12-18H2. The van der Waals surface area contributed by atoms with Crippen molar-refractivity contribution >= 4 is 16.7 Å². The number of carbonyl (C=O) groups excluding carboxylic acids is 1. The van der Waals surface area contributed by atoms with Gasteiger partial charge in [-0.2, -0.15) is 13.2 Å². The number of fused-ring (bicyclic) bond motifs is 1. The molecule has 7 heteroatoms. The quantitative estimate of drug-likeness (QED) is 0.417. The van der Waals surface area contributed by atoms with Crippen molar-refractivity contribution in [3.63, 3.8) is 0 Å². The molecule has 2 aliphatic rings. The van der Waals surface area contributed by atoms with Crippen molar-refractivity contribution in [1.29, 1.82) is 0 Å². The fraction of sp³-hybridized carbons (Fsp3) is 0.393. The Bertz CT molecular complexity index is 1180. The van der Waals surface area contributed by atoms with Crippen LogP contribution in [0.1, 0.15) is 34.7 Å². The minimum Gasteiger partial charge on any atom is -0.338 e. The molecular weight excluding hydrogens is 456 g/mol. The third kappa shape index (κ3) is 5.06. The predicted octanol–water partition coefficient (Wildman–Crippen LogP) is 6.11. The van der Waals surface area contributed by atoms with Crippen molar-refractivity contribution in [3.8, 4) is 0 Å². The molecular formula is C28H28F4N2O. The van der Waals surface area contributed by atoms with Crippen molar-refractivity contribution in [2.75, 3.05) is 32.7 Å². The first-order valence-electron chi connectivity index (χ1n) is 12.1. The molecule has 2 unspecified atom stereocenters. The molecule has 2 fully saturated rings. The normalized spacial score (nSPS) is 22.1. The van der Waals surface area contributed by atoms with Gasteiger partial charge in [0.05, 0.1) is 5.92 Å². The third-order valence-corrected chi connectivity index (χ3v) is 7.59. The van der Waals surface area contributed by atoms with E-state index in [1.54, 1.807) is 24.3 Å². The highest BCUT2D eigenvalue weighted by Crippen LogP contribution is 2.39. The van der Waals surface area contributed by atoms with E-state index in [4.69, 9.17) is 0 Å². The zero-order valence-corrected chi connectivity index (χ0v) is 19.3. The van der Waals surface area contributed by atoms with Gasteiger partial charge in [0.2, 0.25) is 0 Å². The van der Waals surface area contributed by atoms with E-state index in [-0.39, 0.29) is 24.8 Å². The van der Waals surface area contributed by atoms with Crippen LogP contribution in [0.4, 0.5) is 17.6 Å². The van der Waals surface area contributed by atoms with E-state index in [0.29, 0.717) is 31.1 Å². The molecule has 0 spiro atoms. The van der Waals surface area contributed by atoms with Crippen LogP contribution in [0.3, 0.4) is 0 Å². The van der Waals surface area contributed by atoms with Gasteiger partial charge in [0.1, 0.15) is 5.82 Å². The highest BCUT2D eigenvalue weighted by molar-refractivity contribution is 6.07. The Hall–Kier alpha value is -2.93. The molecule has 2 atom stereocenters. The summed E-state index contributed by atoms with van der Waals surface area (Å²) in [6.07, 6.45) is -2.70. The van der Waals surface area contributed by atoms with Crippen molar-refractivity contribution in [1.82, 2.24) is 9.80 Å². The van der Waals surface area contributed by atoms with Gasteiger partial charge in [-0.25, -0.2) is 4.39 Å². The Labute approximate surface area is 202 Å². The molecule has 0 radical (unpaired) electrons. The first-order valence-corrected chi connectivity index (χ1v) is 12.1. The monoisotopic (exact) mass is 484 g/mol. The molecule has 0 aliphatic carbocycles. The fourth-order valence-corrected chi connectivity index (χ4v) is 5.69. The number of carbonyl (C=O) groups is 1. The zero-order chi connectivity index (χ0) is 24.6. The number of benzene rings is 3. The van der Waals surface area contributed by atoms with Gasteiger partial charge in [-0.05, 0) is 66.4 Å². The Morgan fingerprint density at radius 2 is 1.57 bits per heavy atom. The summed E-state index contributed by atoms with van der Waals surface area (Å²) in [5.41, 5.74) is 1.52. The zero-order valence-electron chi connectivity index (χ0n) is 19.3. The first kappa shape index (κ1) is 23.8. The number of halogens is 4. The summed E-state index contributed by atoms with van der Waals surface area (Å²) < 4.78 is 55.2. The summed E-state index contributed by atoms with van der Waals surface area (Å²) in [4.78, 5) is 16.8. The molecule has 2 aliphatic heterocycles. The highest BCUT2D eigenvalue weighted by Gasteiger charge is 2.51. The maximum Gasteiger partial charge on any atom is 0.393 e. The predicted molar refractivity (Wildman–Crippen MR) is 128 cm³/mol. The van der Waals surface area contributed by atoms with Crippen LogP contribution in [0, 0.1) is 17.7 Å². The Balaban J connectivity index is 1.27. The highest BCUT2D eigenvalue weighted by atomic mass is 19.4.